The van der Waals surface area contributed by atoms with Crippen LogP contribution in [0.15, 0.2) is 18.2 Å². The van der Waals surface area contributed by atoms with E-state index in [4.69, 9.17) is 11.6 Å². The molecular weight excluding hydrogens is 237 g/mol. The lowest BCUT2D eigenvalue weighted by molar-refractivity contribution is 0.398. The maximum absolute atomic E-state index is 13.1. The van der Waals surface area contributed by atoms with E-state index >= 15 is 0 Å². The predicted molar refractivity (Wildman–Crippen MR) is 72.0 cm³/mol. The van der Waals surface area contributed by atoms with Crippen molar-refractivity contribution in [2.24, 2.45) is 5.92 Å². The Morgan fingerprint density at radius 2 is 2.06 bits per heavy atom. The van der Waals surface area contributed by atoms with Gasteiger partial charge in [-0.2, -0.15) is 0 Å². The molecule has 1 aromatic carbocycles. The van der Waals surface area contributed by atoms with E-state index in [1.165, 1.54) is 12.1 Å². The lowest BCUT2D eigenvalue weighted by Gasteiger charge is -2.21. The molecule has 1 aromatic rings. The normalized spacial score (nSPS) is 14.6. The van der Waals surface area contributed by atoms with E-state index in [1.54, 1.807) is 6.07 Å². The monoisotopic (exact) mass is 257 g/mol. The van der Waals surface area contributed by atoms with Crippen molar-refractivity contribution in [3.63, 3.8) is 0 Å². The summed E-state index contributed by atoms with van der Waals surface area (Å²) in [6.45, 7) is 7.48. The topological polar surface area (TPSA) is 12.0 Å². The smallest absolute Gasteiger partial charge is 0.123 e. The number of rotatable bonds is 6. The Bertz CT molecular complexity index is 354. The van der Waals surface area contributed by atoms with Gasteiger partial charge in [0.1, 0.15) is 5.82 Å². The van der Waals surface area contributed by atoms with Crippen LogP contribution in [0.2, 0.25) is 5.02 Å². The first-order chi connectivity index (χ1) is 8.04. The molecule has 0 aliphatic heterocycles. The number of nitrogens with one attached hydrogen (secondary N) is 1. The van der Waals surface area contributed by atoms with Gasteiger partial charge >= 0.3 is 0 Å². The van der Waals surface area contributed by atoms with Gasteiger partial charge in [-0.15, -0.1) is 0 Å². The van der Waals surface area contributed by atoms with Gasteiger partial charge in [0.25, 0.3) is 0 Å². The molecule has 2 atom stereocenters. The second-order valence-electron chi connectivity index (χ2n) is 4.66. The van der Waals surface area contributed by atoms with Crippen molar-refractivity contribution in [3.05, 3.63) is 34.6 Å². The minimum Gasteiger partial charge on any atom is -0.314 e. The summed E-state index contributed by atoms with van der Waals surface area (Å²) in [4.78, 5) is 0. The lowest BCUT2D eigenvalue weighted by Crippen LogP contribution is -2.33. The second kappa shape index (κ2) is 6.97. The summed E-state index contributed by atoms with van der Waals surface area (Å²) in [7, 11) is 0. The zero-order valence-corrected chi connectivity index (χ0v) is 11.5. The summed E-state index contributed by atoms with van der Waals surface area (Å²) in [5.41, 5.74) is 0.893. The lowest BCUT2D eigenvalue weighted by atomic mass is 9.95. The quantitative estimate of drug-likeness (QED) is 0.811. The van der Waals surface area contributed by atoms with Gasteiger partial charge in [0.2, 0.25) is 0 Å². The van der Waals surface area contributed by atoms with E-state index in [0.717, 1.165) is 24.9 Å². The van der Waals surface area contributed by atoms with Crippen molar-refractivity contribution in [1.29, 1.82) is 0 Å². The fourth-order valence-corrected chi connectivity index (χ4v) is 1.99. The molecule has 0 heterocycles. The van der Waals surface area contributed by atoms with Crippen LogP contribution in [0.4, 0.5) is 4.39 Å². The van der Waals surface area contributed by atoms with Crippen molar-refractivity contribution in [2.75, 3.05) is 6.54 Å². The van der Waals surface area contributed by atoms with Gasteiger partial charge in [-0.3, -0.25) is 0 Å². The first-order valence-corrected chi connectivity index (χ1v) is 6.59. The standard InChI is InChI=1S/C14H21ClFN/c1-4-7-17-11(3)10(2)8-12-9-13(16)5-6-14(12)15/h5-6,9-11,17H,4,7-8H2,1-3H3. The number of benzene rings is 1. The summed E-state index contributed by atoms with van der Waals surface area (Å²) >= 11 is 6.06. The summed E-state index contributed by atoms with van der Waals surface area (Å²) in [6, 6.07) is 4.97. The summed E-state index contributed by atoms with van der Waals surface area (Å²) in [5.74, 6) is 0.214. The first-order valence-electron chi connectivity index (χ1n) is 6.22. The van der Waals surface area contributed by atoms with Crippen molar-refractivity contribution < 1.29 is 4.39 Å². The van der Waals surface area contributed by atoms with Crippen LogP contribution in [-0.4, -0.2) is 12.6 Å². The Kier molecular flexibility index (Phi) is 5.93. The molecule has 1 rings (SSSR count). The number of hydrogen-bond acceptors (Lipinski definition) is 1. The van der Waals surface area contributed by atoms with Gasteiger partial charge in [0.05, 0.1) is 0 Å². The first kappa shape index (κ1) is 14.5. The Balaban J connectivity index is 2.60. The SMILES string of the molecule is CCCNC(C)C(C)Cc1cc(F)ccc1Cl. The average molecular weight is 258 g/mol. The zero-order chi connectivity index (χ0) is 12.8. The van der Waals surface area contributed by atoms with Crippen molar-refractivity contribution in [3.8, 4) is 0 Å². The zero-order valence-electron chi connectivity index (χ0n) is 10.8. The van der Waals surface area contributed by atoms with Crippen molar-refractivity contribution in [1.82, 2.24) is 5.32 Å². The molecule has 2 unspecified atom stereocenters. The van der Waals surface area contributed by atoms with Gasteiger partial charge < -0.3 is 5.32 Å². The molecule has 1 N–H and O–H groups in total. The third-order valence-corrected chi connectivity index (χ3v) is 3.49. The fourth-order valence-electron chi connectivity index (χ4n) is 1.80. The van der Waals surface area contributed by atoms with Crippen LogP contribution in [0, 0.1) is 11.7 Å². The van der Waals surface area contributed by atoms with Gasteiger partial charge in [0.15, 0.2) is 0 Å². The molecule has 0 radical (unpaired) electrons. The minimum absolute atomic E-state index is 0.217. The molecule has 96 valence electrons. The van der Waals surface area contributed by atoms with Crippen LogP contribution >= 0.6 is 11.6 Å². The minimum atomic E-state index is -0.217. The highest BCUT2D eigenvalue weighted by Gasteiger charge is 2.14. The molecule has 0 saturated carbocycles. The maximum atomic E-state index is 13.1. The molecule has 3 heteroatoms. The third kappa shape index (κ3) is 4.64. The largest absolute Gasteiger partial charge is 0.314 e. The van der Waals surface area contributed by atoms with Crippen molar-refractivity contribution >= 4 is 11.6 Å². The highest BCUT2D eigenvalue weighted by molar-refractivity contribution is 6.31. The van der Waals surface area contributed by atoms with Gasteiger partial charge in [-0.05, 0) is 56.0 Å². The Morgan fingerprint density at radius 3 is 2.71 bits per heavy atom. The predicted octanol–water partition coefficient (Wildman–Crippen LogP) is 4.05. The van der Waals surface area contributed by atoms with Crippen LogP contribution in [-0.2, 0) is 6.42 Å². The third-order valence-electron chi connectivity index (χ3n) is 3.12. The highest BCUT2D eigenvalue weighted by Crippen LogP contribution is 2.21. The van der Waals surface area contributed by atoms with Crippen LogP contribution < -0.4 is 5.32 Å². The molecule has 0 aromatic heterocycles. The average Bonchev–Trinajstić information content (AvgIpc) is 2.30. The molecule has 0 saturated heterocycles. The fraction of sp³-hybridized carbons (Fsp3) is 0.571. The Morgan fingerprint density at radius 1 is 1.35 bits per heavy atom. The van der Waals surface area contributed by atoms with E-state index in [1.807, 2.05) is 0 Å². The molecule has 0 bridgehead atoms. The van der Waals surface area contributed by atoms with Crippen LogP contribution in [0.3, 0.4) is 0 Å². The molecule has 0 fully saturated rings. The summed E-state index contributed by atoms with van der Waals surface area (Å²) in [5, 5.41) is 4.10. The van der Waals surface area contributed by atoms with Gasteiger partial charge in [-0.25, -0.2) is 4.39 Å². The number of halogens is 2. The van der Waals surface area contributed by atoms with Crippen molar-refractivity contribution in [2.45, 2.75) is 39.7 Å². The molecule has 0 spiro atoms. The van der Waals surface area contributed by atoms with Gasteiger partial charge in [-0.1, -0.05) is 25.4 Å². The molecule has 0 aliphatic rings. The van der Waals surface area contributed by atoms with Gasteiger partial charge in [0, 0.05) is 11.1 Å². The van der Waals surface area contributed by atoms with E-state index in [2.05, 4.69) is 26.1 Å². The Hall–Kier alpha value is -0.600. The van der Waals surface area contributed by atoms with Crippen LogP contribution in [0.1, 0.15) is 32.8 Å². The van der Waals surface area contributed by atoms with E-state index in [-0.39, 0.29) is 5.82 Å². The number of hydrogen-bond donors (Lipinski definition) is 1. The molecule has 1 nitrogen and oxygen atoms in total. The van der Waals surface area contributed by atoms with Crippen LogP contribution in [0.25, 0.3) is 0 Å². The molecule has 0 amide bonds. The van der Waals surface area contributed by atoms with E-state index in [0.29, 0.717) is 17.0 Å². The van der Waals surface area contributed by atoms with Crippen LogP contribution in [0.5, 0.6) is 0 Å². The highest BCUT2D eigenvalue weighted by atomic mass is 35.5. The second-order valence-corrected chi connectivity index (χ2v) is 5.07. The Labute approximate surface area is 108 Å². The summed E-state index contributed by atoms with van der Waals surface area (Å²) < 4.78 is 13.1. The molecule has 17 heavy (non-hydrogen) atoms. The maximum Gasteiger partial charge on any atom is 0.123 e. The van der Waals surface area contributed by atoms with E-state index in [9.17, 15) is 4.39 Å². The summed E-state index contributed by atoms with van der Waals surface area (Å²) in [6.07, 6.45) is 1.92. The molecular formula is C14H21ClFN. The van der Waals surface area contributed by atoms with E-state index < -0.39 is 0 Å². The molecule has 0 aliphatic carbocycles.